The zero-order valence-electron chi connectivity index (χ0n) is 17.7. The SMILES string of the molecule is CC(=O)O[C@H]1CC[C@H]2[C@@H]3CC=C4C[C@H](F)CC[C@]4(COS(C)(=O)=O)[C@H]3CC[C@]12C. The number of fused-ring (bicyclic) bond motifs is 5. The molecule has 0 aromatic carbocycles. The third-order valence-corrected chi connectivity index (χ3v) is 9.07. The van der Waals surface area contributed by atoms with Crippen molar-refractivity contribution in [3.05, 3.63) is 11.6 Å². The summed E-state index contributed by atoms with van der Waals surface area (Å²) in [7, 11) is -3.56. The molecular formula is C22H33FO5S. The van der Waals surface area contributed by atoms with Gasteiger partial charge in [-0.2, -0.15) is 8.42 Å². The molecule has 0 amide bonds. The van der Waals surface area contributed by atoms with Crippen molar-refractivity contribution in [2.24, 2.45) is 28.6 Å². The molecule has 0 heterocycles. The quantitative estimate of drug-likeness (QED) is 0.382. The fraction of sp³-hybridized carbons (Fsp3) is 0.864. The Kier molecular flexibility index (Phi) is 5.38. The van der Waals surface area contributed by atoms with Crippen LogP contribution in [0.25, 0.3) is 0 Å². The van der Waals surface area contributed by atoms with Gasteiger partial charge < -0.3 is 4.74 Å². The molecule has 0 bridgehead atoms. The Morgan fingerprint density at radius 2 is 1.97 bits per heavy atom. The fourth-order valence-corrected chi connectivity index (χ4v) is 7.66. The Labute approximate surface area is 173 Å². The lowest BCUT2D eigenvalue weighted by Crippen LogP contribution is -2.54. The van der Waals surface area contributed by atoms with E-state index in [1.807, 2.05) is 0 Å². The van der Waals surface area contributed by atoms with Gasteiger partial charge >= 0.3 is 5.97 Å². The van der Waals surface area contributed by atoms with Crippen LogP contribution in [-0.4, -0.2) is 39.5 Å². The van der Waals surface area contributed by atoms with Crippen LogP contribution in [0.1, 0.15) is 65.2 Å². The largest absolute Gasteiger partial charge is 0.462 e. The van der Waals surface area contributed by atoms with Crippen molar-refractivity contribution in [2.75, 3.05) is 12.9 Å². The Bertz CT molecular complexity index is 808. The molecule has 7 heteroatoms. The normalized spacial score (nSPS) is 44.3. The average molecular weight is 429 g/mol. The van der Waals surface area contributed by atoms with Crippen LogP contribution >= 0.6 is 0 Å². The molecule has 3 saturated carbocycles. The number of ether oxygens (including phenoxy) is 1. The predicted octanol–water partition coefficient (Wildman–Crippen LogP) is 4.18. The second kappa shape index (κ2) is 7.33. The average Bonchev–Trinajstić information content (AvgIpc) is 2.95. The van der Waals surface area contributed by atoms with Gasteiger partial charge in [-0.3, -0.25) is 8.98 Å². The topological polar surface area (TPSA) is 69.7 Å². The van der Waals surface area contributed by atoms with E-state index in [4.69, 9.17) is 8.92 Å². The van der Waals surface area contributed by atoms with Gasteiger partial charge in [-0.15, -0.1) is 0 Å². The maximum Gasteiger partial charge on any atom is 0.302 e. The lowest BCUT2D eigenvalue weighted by molar-refractivity contribution is -0.157. The highest BCUT2D eigenvalue weighted by Crippen LogP contribution is 2.65. The number of halogens is 1. The number of hydrogen-bond acceptors (Lipinski definition) is 5. The number of carbonyl (C=O) groups excluding carboxylic acids is 1. The minimum atomic E-state index is -3.56. The Balaban J connectivity index is 1.65. The van der Waals surface area contributed by atoms with E-state index in [2.05, 4.69) is 13.0 Å². The van der Waals surface area contributed by atoms with E-state index in [0.29, 0.717) is 37.0 Å². The lowest BCUT2D eigenvalue weighted by atomic mass is 9.47. The molecule has 0 radical (unpaired) electrons. The molecule has 7 atom stereocenters. The molecule has 3 fully saturated rings. The van der Waals surface area contributed by atoms with Crippen molar-refractivity contribution < 1.29 is 26.5 Å². The summed E-state index contributed by atoms with van der Waals surface area (Å²) in [6.45, 7) is 3.86. The Hall–Kier alpha value is -0.950. The molecule has 164 valence electrons. The molecular weight excluding hydrogens is 395 g/mol. The molecule has 0 unspecified atom stereocenters. The van der Waals surface area contributed by atoms with E-state index < -0.39 is 16.3 Å². The van der Waals surface area contributed by atoms with Crippen LogP contribution in [0.15, 0.2) is 11.6 Å². The second-order valence-corrected chi connectivity index (χ2v) is 11.7. The van der Waals surface area contributed by atoms with Gasteiger partial charge in [0.15, 0.2) is 0 Å². The van der Waals surface area contributed by atoms with Crippen molar-refractivity contribution in [1.29, 1.82) is 0 Å². The predicted molar refractivity (Wildman–Crippen MR) is 107 cm³/mol. The summed E-state index contributed by atoms with van der Waals surface area (Å²) in [5.74, 6) is 0.911. The molecule has 29 heavy (non-hydrogen) atoms. The number of rotatable bonds is 4. The Morgan fingerprint density at radius 1 is 1.21 bits per heavy atom. The fourth-order valence-electron chi connectivity index (χ4n) is 7.24. The minimum Gasteiger partial charge on any atom is -0.462 e. The first kappa shape index (κ1) is 21.3. The number of esters is 1. The second-order valence-electron chi connectivity index (χ2n) is 10.0. The smallest absolute Gasteiger partial charge is 0.302 e. The van der Waals surface area contributed by atoms with Gasteiger partial charge in [-0.25, -0.2) is 4.39 Å². The van der Waals surface area contributed by atoms with Crippen molar-refractivity contribution in [2.45, 2.75) is 77.5 Å². The highest BCUT2D eigenvalue weighted by molar-refractivity contribution is 7.85. The van der Waals surface area contributed by atoms with Gasteiger partial charge in [0.1, 0.15) is 12.3 Å². The Morgan fingerprint density at radius 3 is 2.66 bits per heavy atom. The van der Waals surface area contributed by atoms with Crippen LogP contribution in [0.5, 0.6) is 0 Å². The molecule has 5 nitrogen and oxygen atoms in total. The maximum absolute atomic E-state index is 14.2. The van der Waals surface area contributed by atoms with Gasteiger partial charge in [0.25, 0.3) is 10.1 Å². The van der Waals surface area contributed by atoms with Gasteiger partial charge in [0.2, 0.25) is 0 Å². The van der Waals surface area contributed by atoms with E-state index in [9.17, 15) is 17.6 Å². The molecule has 0 aliphatic heterocycles. The summed E-state index contributed by atoms with van der Waals surface area (Å²) in [4.78, 5) is 11.6. The number of allylic oxidation sites excluding steroid dienone is 1. The van der Waals surface area contributed by atoms with Gasteiger partial charge in [0.05, 0.1) is 12.9 Å². The van der Waals surface area contributed by atoms with Crippen LogP contribution in [0.2, 0.25) is 0 Å². The molecule has 0 aromatic rings. The summed E-state index contributed by atoms with van der Waals surface area (Å²) >= 11 is 0. The molecule has 4 aliphatic rings. The van der Waals surface area contributed by atoms with Gasteiger partial charge in [-0.1, -0.05) is 18.6 Å². The van der Waals surface area contributed by atoms with Crippen molar-refractivity contribution in [3.63, 3.8) is 0 Å². The maximum atomic E-state index is 14.2. The first-order valence-corrected chi connectivity index (χ1v) is 12.7. The highest BCUT2D eigenvalue weighted by atomic mass is 32.2. The summed E-state index contributed by atoms with van der Waals surface area (Å²) in [5, 5.41) is 0. The first-order chi connectivity index (χ1) is 13.6. The van der Waals surface area contributed by atoms with Crippen molar-refractivity contribution in [1.82, 2.24) is 0 Å². The third-order valence-electron chi connectivity index (χ3n) is 8.52. The monoisotopic (exact) mass is 428 g/mol. The standard InChI is InChI=1S/C22H33FO5S/c1-14(24)28-20-7-6-18-17-5-4-15-12-16(23)8-11-22(15,13-27-29(3,25)26)19(17)9-10-21(18,20)2/h4,16-20H,5-13H2,1-3H3/t16-,17+,18+,19+,20+,21+,22-/m1/s1. The number of carbonyl (C=O) groups is 1. The minimum absolute atomic E-state index is 0.0334. The molecule has 0 N–H and O–H groups in total. The zero-order chi connectivity index (χ0) is 21.0. The highest BCUT2D eigenvalue weighted by Gasteiger charge is 2.61. The van der Waals surface area contributed by atoms with Crippen LogP contribution in [0.3, 0.4) is 0 Å². The molecule has 0 aromatic heterocycles. The number of hydrogen-bond donors (Lipinski definition) is 0. The first-order valence-electron chi connectivity index (χ1n) is 10.9. The van der Waals surface area contributed by atoms with Crippen LogP contribution in [0.4, 0.5) is 4.39 Å². The van der Waals surface area contributed by atoms with Crippen LogP contribution in [0, 0.1) is 28.6 Å². The molecule has 0 spiro atoms. The van der Waals surface area contributed by atoms with E-state index in [1.165, 1.54) is 6.92 Å². The van der Waals surface area contributed by atoms with Crippen molar-refractivity contribution in [3.8, 4) is 0 Å². The van der Waals surface area contributed by atoms with Crippen molar-refractivity contribution >= 4 is 16.1 Å². The summed E-state index contributed by atoms with van der Waals surface area (Å²) < 4.78 is 48.8. The molecule has 0 saturated heterocycles. The summed E-state index contributed by atoms with van der Waals surface area (Å²) in [6.07, 6.45) is 8.59. The van der Waals surface area contributed by atoms with E-state index >= 15 is 0 Å². The zero-order valence-corrected chi connectivity index (χ0v) is 18.5. The van der Waals surface area contributed by atoms with E-state index in [-0.39, 0.29) is 29.5 Å². The van der Waals surface area contributed by atoms with Gasteiger partial charge in [-0.05, 0) is 62.7 Å². The van der Waals surface area contributed by atoms with Gasteiger partial charge in [0, 0.05) is 24.2 Å². The van der Waals surface area contributed by atoms with Crippen LogP contribution in [-0.2, 0) is 23.8 Å². The van der Waals surface area contributed by atoms with E-state index in [0.717, 1.165) is 43.9 Å². The molecule has 4 rings (SSSR count). The molecule has 4 aliphatic carbocycles. The number of alkyl halides is 1. The third kappa shape index (κ3) is 3.67. The summed E-state index contributed by atoms with van der Waals surface area (Å²) in [6, 6.07) is 0. The van der Waals surface area contributed by atoms with Crippen LogP contribution < -0.4 is 0 Å². The summed E-state index contributed by atoms with van der Waals surface area (Å²) in [5.41, 5.74) is 0.656. The lowest BCUT2D eigenvalue weighted by Gasteiger charge is -2.58. The van der Waals surface area contributed by atoms with E-state index in [1.54, 1.807) is 0 Å².